The lowest BCUT2D eigenvalue weighted by Gasteiger charge is -2.19. The van der Waals surface area contributed by atoms with Crippen LogP contribution in [0.1, 0.15) is 0 Å². The number of halogens is 2. The average molecular weight is 165 g/mol. The third kappa shape index (κ3) is 2.69. The maximum Gasteiger partial charge on any atom is 0.274 e. The Hall–Kier alpha value is -0.260. The van der Waals surface area contributed by atoms with E-state index in [9.17, 15) is 8.78 Å². The van der Waals surface area contributed by atoms with Crippen LogP contribution < -0.4 is 5.84 Å². The number of hydrogen-bond acceptors (Lipinski definition) is 3. The predicted molar refractivity (Wildman–Crippen MR) is 38.2 cm³/mol. The lowest BCUT2D eigenvalue weighted by atomic mass is 10.3. The fraction of sp³-hybridized carbons (Fsp3) is 1.00. The van der Waals surface area contributed by atoms with E-state index in [0.717, 1.165) is 0 Å². The first-order valence-electron chi connectivity index (χ1n) is 3.56. The Kier molecular flexibility index (Phi) is 2.41. The SMILES string of the molecule is CN1CCN(N)CC(F)(F)C1. The molecule has 0 spiro atoms. The molecule has 0 radical (unpaired) electrons. The van der Waals surface area contributed by atoms with Crippen molar-refractivity contribution >= 4 is 0 Å². The zero-order valence-electron chi connectivity index (χ0n) is 6.56. The molecule has 1 aliphatic rings. The molecule has 1 fully saturated rings. The molecule has 0 aromatic rings. The standard InChI is InChI=1S/C6H13F2N3/c1-10-2-3-11(9)5-6(7,8)4-10/h2-5,9H2,1H3. The lowest BCUT2D eigenvalue weighted by Crippen LogP contribution is -2.42. The van der Waals surface area contributed by atoms with E-state index >= 15 is 0 Å². The minimum absolute atomic E-state index is 0.194. The van der Waals surface area contributed by atoms with Crippen molar-refractivity contribution in [1.29, 1.82) is 0 Å². The Morgan fingerprint density at radius 2 is 1.91 bits per heavy atom. The topological polar surface area (TPSA) is 32.5 Å². The van der Waals surface area contributed by atoms with Gasteiger partial charge in [-0.1, -0.05) is 0 Å². The minimum atomic E-state index is -2.67. The number of alkyl halides is 2. The fourth-order valence-corrected chi connectivity index (χ4v) is 1.20. The Morgan fingerprint density at radius 1 is 1.27 bits per heavy atom. The third-order valence-corrected chi connectivity index (χ3v) is 1.70. The van der Waals surface area contributed by atoms with Gasteiger partial charge in [0.15, 0.2) is 0 Å². The summed E-state index contributed by atoms with van der Waals surface area (Å²) in [6, 6.07) is 0. The molecule has 11 heavy (non-hydrogen) atoms. The first kappa shape index (κ1) is 8.83. The van der Waals surface area contributed by atoms with Crippen molar-refractivity contribution in [2.45, 2.75) is 5.92 Å². The smallest absolute Gasteiger partial charge is 0.274 e. The fourth-order valence-electron chi connectivity index (χ4n) is 1.20. The van der Waals surface area contributed by atoms with Crippen molar-refractivity contribution in [2.75, 3.05) is 33.2 Å². The number of hydrazine groups is 1. The van der Waals surface area contributed by atoms with Crippen molar-refractivity contribution in [3.8, 4) is 0 Å². The molecule has 0 atom stereocenters. The summed E-state index contributed by atoms with van der Waals surface area (Å²) in [7, 11) is 1.67. The Morgan fingerprint density at radius 3 is 2.55 bits per heavy atom. The van der Waals surface area contributed by atoms with E-state index in [1.54, 1.807) is 11.9 Å². The molecule has 0 aromatic heterocycles. The first-order valence-corrected chi connectivity index (χ1v) is 3.56. The molecule has 0 aromatic carbocycles. The minimum Gasteiger partial charge on any atom is -0.299 e. The van der Waals surface area contributed by atoms with E-state index in [0.29, 0.717) is 13.1 Å². The van der Waals surface area contributed by atoms with Crippen molar-refractivity contribution in [3.05, 3.63) is 0 Å². The number of nitrogens with two attached hydrogens (primary N) is 1. The van der Waals surface area contributed by atoms with E-state index in [2.05, 4.69) is 0 Å². The van der Waals surface area contributed by atoms with Gasteiger partial charge >= 0.3 is 0 Å². The molecular formula is C6H13F2N3. The second-order valence-corrected chi connectivity index (χ2v) is 3.06. The van der Waals surface area contributed by atoms with Crippen LogP contribution in [0.5, 0.6) is 0 Å². The van der Waals surface area contributed by atoms with E-state index < -0.39 is 5.92 Å². The van der Waals surface area contributed by atoms with E-state index in [1.165, 1.54) is 5.01 Å². The largest absolute Gasteiger partial charge is 0.299 e. The monoisotopic (exact) mass is 165 g/mol. The van der Waals surface area contributed by atoms with Crippen molar-refractivity contribution < 1.29 is 8.78 Å². The molecule has 2 N–H and O–H groups in total. The zero-order valence-corrected chi connectivity index (χ0v) is 6.56. The molecule has 3 nitrogen and oxygen atoms in total. The summed E-state index contributed by atoms with van der Waals surface area (Å²) in [4.78, 5) is 1.59. The second kappa shape index (κ2) is 3.00. The maximum atomic E-state index is 12.8. The van der Waals surface area contributed by atoms with Crippen LogP contribution in [0.25, 0.3) is 0 Å². The maximum absolute atomic E-state index is 12.8. The molecular weight excluding hydrogens is 152 g/mol. The number of likely N-dealkylation sites (N-methyl/N-ethyl adjacent to an activating group) is 1. The van der Waals surface area contributed by atoms with Crippen LogP contribution >= 0.6 is 0 Å². The summed E-state index contributed by atoms with van der Waals surface area (Å²) in [5.74, 6) is 2.63. The highest BCUT2D eigenvalue weighted by Crippen LogP contribution is 2.17. The predicted octanol–water partition coefficient (Wildman–Crippen LogP) is -0.257. The van der Waals surface area contributed by atoms with Crippen molar-refractivity contribution in [3.63, 3.8) is 0 Å². The van der Waals surface area contributed by atoms with Crippen LogP contribution in [0.3, 0.4) is 0 Å². The van der Waals surface area contributed by atoms with Gasteiger partial charge in [-0.3, -0.25) is 10.7 Å². The highest BCUT2D eigenvalue weighted by molar-refractivity contribution is 4.77. The number of rotatable bonds is 0. The van der Waals surface area contributed by atoms with Crippen LogP contribution in [-0.4, -0.2) is 49.1 Å². The normalized spacial score (nSPS) is 28.4. The molecule has 5 heteroatoms. The zero-order chi connectivity index (χ0) is 8.48. The van der Waals surface area contributed by atoms with Gasteiger partial charge in [-0.05, 0) is 7.05 Å². The van der Waals surface area contributed by atoms with Gasteiger partial charge in [-0.25, -0.2) is 13.8 Å². The average Bonchev–Trinajstić information content (AvgIpc) is 1.89. The molecule has 0 bridgehead atoms. The summed E-state index contributed by atoms with van der Waals surface area (Å²) < 4.78 is 25.6. The van der Waals surface area contributed by atoms with Gasteiger partial charge in [0.25, 0.3) is 5.92 Å². The molecule has 0 aliphatic carbocycles. The quantitative estimate of drug-likeness (QED) is 0.502. The second-order valence-electron chi connectivity index (χ2n) is 3.06. The first-order chi connectivity index (χ1) is 4.99. The highest BCUT2D eigenvalue weighted by atomic mass is 19.3. The molecule has 0 amide bonds. The molecule has 1 rings (SSSR count). The van der Waals surface area contributed by atoms with Gasteiger partial charge in [0, 0.05) is 13.1 Å². The molecule has 1 aliphatic heterocycles. The van der Waals surface area contributed by atoms with Gasteiger partial charge in [-0.2, -0.15) is 0 Å². The van der Waals surface area contributed by atoms with Crippen LogP contribution in [0.15, 0.2) is 0 Å². The van der Waals surface area contributed by atoms with Gasteiger partial charge < -0.3 is 0 Å². The van der Waals surface area contributed by atoms with Gasteiger partial charge in [0.05, 0.1) is 13.1 Å². The third-order valence-electron chi connectivity index (χ3n) is 1.70. The molecule has 66 valence electrons. The number of nitrogens with zero attached hydrogens (tertiary/aromatic N) is 2. The molecule has 1 heterocycles. The molecule has 1 saturated heterocycles. The molecule has 0 unspecified atom stereocenters. The highest BCUT2D eigenvalue weighted by Gasteiger charge is 2.34. The summed E-state index contributed by atoms with van der Waals surface area (Å²) in [5.41, 5.74) is 0. The van der Waals surface area contributed by atoms with Crippen LogP contribution in [0.2, 0.25) is 0 Å². The van der Waals surface area contributed by atoms with Crippen LogP contribution in [-0.2, 0) is 0 Å². The summed E-state index contributed by atoms with van der Waals surface area (Å²) in [5, 5.41) is 1.17. The number of hydrogen-bond donors (Lipinski definition) is 1. The van der Waals surface area contributed by atoms with Crippen LogP contribution in [0, 0.1) is 0 Å². The summed E-state index contributed by atoms with van der Waals surface area (Å²) >= 11 is 0. The van der Waals surface area contributed by atoms with Gasteiger partial charge in [0.2, 0.25) is 0 Å². The van der Waals surface area contributed by atoms with Crippen molar-refractivity contribution in [2.24, 2.45) is 5.84 Å². The van der Waals surface area contributed by atoms with E-state index in [1.807, 2.05) is 0 Å². The lowest BCUT2D eigenvalue weighted by molar-refractivity contribution is -0.0343. The van der Waals surface area contributed by atoms with E-state index in [-0.39, 0.29) is 13.1 Å². The van der Waals surface area contributed by atoms with Gasteiger partial charge in [0.1, 0.15) is 0 Å². The Labute approximate surface area is 64.7 Å². The summed E-state index contributed by atoms with van der Waals surface area (Å²) in [6.45, 7) is 0.580. The molecule has 0 saturated carbocycles. The van der Waals surface area contributed by atoms with Crippen LogP contribution in [0.4, 0.5) is 8.78 Å². The Bertz CT molecular complexity index is 126. The van der Waals surface area contributed by atoms with Crippen molar-refractivity contribution in [1.82, 2.24) is 9.91 Å². The van der Waals surface area contributed by atoms with E-state index in [4.69, 9.17) is 5.84 Å². The summed E-state index contributed by atoms with van der Waals surface area (Å²) in [6.07, 6.45) is 0. The van der Waals surface area contributed by atoms with Gasteiger partial charge in [-0.15, -0.1) is 0 Å². The Balaban J connectivity index is 2.55.